The van der Waals surface area contributed by atoms with E-state index in [4.69, 9.17) is 9.47 Å². The van der Waals surface area contributed by atoms with E-state index in [0.717, 1.165) is 37.0 Å². The maximum absolute atomic E-state index is 11.9. The predicted octanol–water partition coefficient (Wildman–Crippen LogP) is 5.17. The standard InChI is InChI=1S/C22H30O4/c1-15-9-8-14-18-19(15)22(16-10-4-2-5-11-16,17-12-6-3-7-13-17)26-21(25-18)20(23)24/h8-9,14,16-17,21H,2-7,10-13H2,1H3,(H,23,24). The Balaban J connectivity index is 1.88. The summed E-state index contributed by atoms with van der Waals surface area (Å²) in [6.45, 7) is 2.12. The molecule has 1 aromatic carbocycles. The molecule has 0 bridgehead atoms. The van der Waals surface area contributed by atoms with Crippen LogP contribution in [0.15, 0.2) is 18.2 Å². The van der Waals surface area contributed by atoms with Gasteiger partial charge in [0.25, 0.3) is 6.29 Å². The van der Waals surface area contributed by atoms with E-state index in [9.17, 15) is 9.90 Å². The minimum atomic E-state index is -1.20. The Labute approximate surface area is 155 Å². The van der Waals surface area contributed by atoms with Crippen LogP contribution in [0.5, 0.6) is 5.75 Å². The van der Waals surface area contributed by atoms with E-state index < -0.39 is 17.9 Å². The Morgan fingerprint density at radius 3 is 2.12 bits per heavy atom. The van der Waals surface area contributed by atoms with Gasteiger partial charge in [-0.1, -0.05) is 50.7 Å². The minimum Gasteiger partial charge on any atom is -0.477 e. The number of hydrogen-bond donors (Lipinski definition) is 1. The SMILES string of the molecule is Cc1cccc2c1C(C1CCCCC1)(C1CCCCC1)OC(C(=O)O)O2. The van der Waals surface area contributed by atoms with Crippen LogP contribution in [0.2, 0.25) is 0 Å². The number of carbonyl (C=O) groups is 1. The molecule has 2 fully saturated rings. The molecule has 1 N–H and O–H groups in total. The highest BCUT2D eigenvalue weighted by molar-refractivity contribution is 5.72. The predicted molar refractivity (Wildman–Crippen MR) is 99.1 cm³/mol. The lowest BCUT2D eigenvalue weighted by molar-refractivity contribution is -0.252. The van der Waals surface area contributed by atoms with Crippen LogP contribution in [0.1, 0.15) is 75.3 Å². The lowest BCUT2D eigenvalue weighted by atomic mass is 9.62. The zero-order valence-electron chi connectivity index (χ0n) is 15.7. The van der Waals surface area contributed by atoms with Crippen LogP contribution in [0, 0.1) is 18.8 Å². The number of aliphatic carboxylic acids is 1. The lowest BCUT2D eigenvalue weighted by Gasteiger charge is -2.53. The first kappa shape index (κ1) is 17.8. The quantitative estimate of drug-likeness (QED) is 0.810. The van der Waals surface area contributed by atoms with E-state index in [2.05, 4.69) is 13.0 Å². The molecule has 4 heteroatoms. The van der Waals surface area contributed by atoms with Gasteiger partial charge < -0.3 is 14.6 Å². The Morgan fingerprint density at radius 1 is 1.00 bits per heavy atom. The second-order valence-corrected chi connectivity index (χ2v) is 8.32. The molecule has 1 aromatic rings. The van der Waals surface area contributed by atoms with Crippen molar-refractivity contribution in [3.63, 3.8) is 0 Å². The molecular weight excluding hydrogens is 328 g/mol. The van der Waals surface area contributed by atoms with Crippen LogP contribution in [0.25, 0.3) is 0 Å². The summed E-state index contributed by atoms with van der Waals surface area (Å²) in [5.74, 6) is 0.461. The van der Waals surface area contributed by atoms with Gasteiger partial charge >= 0.3 is 5.97 Å². The number of ether oxygens (including phenoxy) is 2. The first-order valence-corrected chi connectivity index (χ1v) is 10.3. The van der Waals surface area contributed by atoms with Gasteiger partial charge in [-0.3, -0.25) is 0 Å². The minimum absolute atomic E-state index is 0.380. The van der Waals surface area contributed by atoms with E-state index in [0.29, 0.717) is 11.8 Å². The maximum Gasteiger partial charge on any atom is 0.373 e. The first-order valence-electron chi connectivity index (χ1n) is 10.3. The van der Waals surface area contributed by atoms with Gasteiger partial charge in [-0.25, -0.2) is 4.79 Å². The molecule has 0 saturated heterocycles. The Morgan fingerprint density at radius 2 is 1.58 bits per heavy atom. The van der Waals surface area contributed by atoms with Gasteiger partial charge in [0, 0.05) is 5.56 Å². The number of aryl methyl sites for hydroxylation is 1. The van der Waals surface area contributed by atoms with Gasteiger partial charge in [-0.2, -0.15) is 0 Å². The third kappa shape index (κ3) is 2.92. The molecule has 26 heavy (non-hydrogen) atoms. The summed E-state index contributed by atoms with van der Waals surface area (Å²) < 4.78 is 12.3. The van der Waals surface area contributed by atoms with Crippen molar-refractivity contribution in [2.24, 2.45) is 11.8 Å². The third-order valence-corrected chi connectivity index (χ3v) is 6.79. The number of benzene rings is 1. The van der Waals surface area contributed by atoms with Crippen molar-refractivity contribution in [3.8, 4) is 5.75 Å². The van der Waals surface area contributed by atoms with Gasteiger partial charge in [-0.15, -0.1) is 0 Å². The average molecular weight is 358 g/mol. The van der Waals surface area contributed by atoms with Crippen molar-refractivity contribution in [3.05, 3.63) is 29.3 Å². The van der Waals surface area contributed by atoms with Crippen molar-refractivity contribution in [2.75, 3.05) is 0 Å². The molecular formula is C22H30O4. The summed E-state index contributed by atoms with van der Waals surface area (Å²) in [6, 6.07) is 6.01. The van der Waals surface area contributed by atoms with E-state index in [1.54, 1.807) is 0 Å². The number of carboxylic acid groups (broad SMARTS) is 1. The summed E-state index contributed by atoms with van der Waals surface area (Å²) in [6.07, 6.45) is 10.7. The highest BCUT2D eigenvalue weighted by Crippen LogP contribution is 2.56. The molecule has 0 radical (unpaired) electrons. The summed E-state index contributed by atoms with van der Waals surface area (Å²) in [7, 11) is 0. The molecule has 0 spiro atoms. The van der Waals surface area contributed by atoms with Crippen LogP contribution in [0.3, 0.4) is 0 Å². The summed E-state index contributed by atoms with van der Waals surface area (Å²) in [4.78, 5) is 11.9. The summed E-state index contributed by atoms with van der Waals surface area (Å²) >= 11 is 0. The van der Waals surface area contributed by atoms with Crippen LogP contribution in [-0.4, -0.2) is 17.4 Å². The van der Waals surface area contributed by atoms with Crippen LogP contribution in [-0.2, 0) is 15.1 Å². The number of hydrogen-bond acceptors (Lipinski definition) is 3. The molecule has 1 unspecified atom stereocenters. The molecule has 2 saturated carbocycles. The average Bonchev–Trinajstić information content (AvgIpc) is 2.68. The number of rotatable bonds is 3. The van der Waals surface area contributed by atoms with Crippen molar-refractivity contribution < 1.29 is 19.4 Å². The summed E-state index contributed by atoms with van der Waals surface area (Å²) in [5, 5.41) is 9.71. The van der Waals surface area contributed by atoms with E-state index in [1.807, 2.05) is 12.1 Å². The zero-order chi connectivity index (χ0) is 18.1. The second kappa shape index (κ2) is 7.22. The highest BCUT2D eigenvalue weighted by Gasteiger charge is 2.55. The van der Waals surface area contributed by atoms with Crippen LogP contribution >= 0.6 is 0 Å². The first-order chi connectivity index (χ1) is 12.6. The topological polar surface area (TPSA) is 55.8 Å². The van der Waals surface area contributed by atoms with Crippen LogP contribution < -0.4 is 4.74 Å². The van der Waals surface area contributed by atoms with Crippen molar-refractivity contribution in [1.82, 2.24) is 0 Å². The molecule has 1 atom stereocenters. The van der Waals surface area contributed by atoms with Crippen molar-refractivity contribution >= 4 is 5.97 Å². The molecule has 2 aliphatic carbocycles. The molecule has 4 rings (SSSR count). The fourth-order valence-electron chi connectivity index (χ4n) is 5.71. The fraction of sp³-hybridized carbons (Fsp3) is 0.682. The second-order valence-electron chi connectivity index (χ2n) is 8.32. The Kier molecular flexibility index (Phi) is 4.96. The monoisotopic (exact) mass is 358 g/mol. The lowest BCUT2D eigenvalue weighted by Crippen LogP contribution is -2.54. The highest BCUT2D eigenvalue weighted by atomic mass is 16.7. The molecule has 142 valence electrons. The van der Waals surface area contributed by atoms with Gasteiger partial charge in [0.1, 0.15) is 11.4 Å². The fourth-order valence-corrected chi connectivity index (χ4v) is 5.71. The van der Waals surface area contributed by atoms with Crippen LogP contribution in [0.4, 0.5) is 0 Å². The van der Waals surface area contributed by atoms with E-state index >= 15 is 0 Å². The molecule has 1 aliphatic heterocycles. The molecule has 0 aromatic heterocycles. The molecule has 3 aliphatic rings. The molecule has 4 nitrogen and oxygen atoms in total. The zero-order valence-corrected chi connectivity index (χ0v) is 15.7. The van der Waals surface area contributed by atoms with E-state index in [-0.39, 0.29) is 0 Å². The third-order valence-electron chi connectivity index (χ3n) is 6.79. The van der Waals surface area contributed by atoms with Gasteiger partial charge in [-0.05, 0) is 56.1 Å². The van der Waals surface area contributed by atoms with E-state index in [1.165, 1.54) is 44.1 Å². The molecule has 1 heterocycles. The largest absolute Gasteiger partial charge is 0.477 e. The number of carboxylic acids is 1. The number of fused-ring (bicyclic) bond motifs is 1. The molecule has 0 amide bonds. The van der Waals surface area contributed by atoms with Gasteiger partial charge in [0.2, 0.25) is 0 Å². The van der Waals surface area contributed by atoms with Crippen molar-refractivity contribution in [1.29, 1.82) is 0 Å². The van der Waals surface area contributed by atoms with Crippen molar-refractivity contribution in [2.45, 2.75) is 83.0 Å². The normalized spacial score (nSPS) is 26.7. The Hall–Kier alpha value is -1.55. The van der Waals surface area contributed by atoms with Gasteiger partial charge in [0.05, 0.1) is 0 Å². The maximum atomic E-state index is 11.9. The van der Waals surface area contributed by atoms with Gasteiger partial charge in [0.15, 0.2) is 0 Å². The smallest absolute Gasteiger partial charge is 0.373 e. The Bertz CT molecular complexity index is 638. The summed E-state index contributed by atoms with van der Waals surface area (Å²) in [5.41, 5.74) is 1.79.